The van der Waals surface area contributed by atoms with Crippen molar-refractivity contribution in [2.75, 3.05) is 0 Å². The molecular weight excluding hydrogens is 350 g/mol. The maximum atomic E-state index is 6.36. The van der Waals surface area contributed by atoms with Gasteiger partial charge in [-0.25, -0.2) is 4.99 Å². The number of hydrogen-bond donors (Lipinski definition) is 2. The number of aliphatic imine (C=N–C) groups is 1. The van der Waals surface area contributed by atoms with Crippen LogP contribution in [0.25, 0.3) is 5.70 Å². The van der Waals surface area contributed by atoms with Crippen molar-refractivity contribution in [1.82, 2.24) is 0 Å². The van der Waals surface area contributed by atoms with Crippen LogP contribution in [-0.2, 0) is 0 Å². The lowest BCUT2D eigenvalue weighted by molar-refractivity contribution is 0.798. The van der Waals surface area contributed by atoms with E-state index in [0.29, 0.717) is 0 Å². The largest absolute Gasteiger partial charge is 0.398 e. The topological polar surface area (TPSA) is 64.4 Å². The Bertz CT molecular complexity index is 821. The summed E-state index contributed by atoms with van der Waals surface area (Å²) in [5.74, 6) is 0.520. The molecular formula is C19H18BrN3. The maximum Gasteiger partial charge on any atom is 0.116 e. The van der Waals surface area contributed by atoms with E-state index in [9.17, 15) is 0 Å². The summed E-state index contributed by atoms with van der Waals surface area (Å²) in [4.78, 5) is 4.13. The Kier molecular flexibility index (Phi) is 4.35. The van der Waals surface area contributed by atoms with E-state index < -0.39 is 0 Å². The molecule has 2 aromatic rings. The summed E-state index contributed by atoms with van der Waals surface area (Å²) in [7, 11) is 0. The molecule has 3 rings (SSSR count). The smallest absolute Gasteiger partial charge is 0.116 e. The van der Waals surface area contributed by atoms with Crippen LogP contribution < -0.4 is 11.5 Å². The van der Waals surface area contributed by atoms with Crippen molar-refractivity contribution in [2.45, 2.75) is 12.3 Å². The van der Waals surface area contributed by atoms with Gasteiger partial charge in [0.15, 0.2) is 0 Å². The van der Waals surface area contributed by atoms with E-state index in [0.717, 1.165) is 27.7 Å². The molecule has 0 bridgehead atoms. The standard InChI is InChI=1S/C19H18BrN3/c1-12(21)23-11-14-10-18(13-5-4-6-15(20)9-13)16-7-2-3-8-17(16)19(14)22/h2-9,11,18H,1,10,21-22H2. The number of halogens is 1. The Balaban J connectivity index is 2.11. The van der Waals surface area contributed by atoms with E-state index in [-0.39, 0.29) is 11.7 Å². The molecule has 4 heteroatoms. The fourth-order valence-corrected chi connectivity index (χ4v) is 3.38. The van der Waals surface area contributed by atoms with Crippen molar-refractivity contribution in [3.8, 4) is 0 Å². The summed E-state index contributed by atoms with van der Waals surface area (Å²) in [5, 5.41) is 0. The normalized spacial score (nSPS) is 17.3. The Labute approximate surface area is 144 Å². The average molecular weight is 368 g/mol. The van der Waals surface area contributed by atoms with Gasteiger partial charge in [0.2, 0.25) is 0 Å². The second-order valence-corrected chi connectivity index (χ2v) is 6.50. The summed E-state index contributed by atoms with van der Waals surface area (Å²) in [6, 6.07) is 16.6. The second kappa shape index (κ2) is 6.42. The third-order valence-corrected chi connectivity index (χ3v) is 4.53. The Morgan fingerprint density at radius 3 is 2.74 bits per heavy atom. The van der Waals surface area contributed by atoms with Gasteiger partial charge in [0.05, 0.1) is 0 Å². The van der Waals surface area contributed by atoms with Crippen LogP contribution in [0, 0.1) is 0 Å². The number of benzene rings is 2. The summed E-state index contributed by atoms with van der Waals surface area (Å²) in [6.45, 7) is 3.61. The van der Waals surface area contributed by atoms with Gasteiger partial charge < -0.3 is 11.5 Å². The summed E-state index contributed by atoms with van der Waals surface area (Å²) < 4.78 is 1.07. The zero-order chi connectivity index (χ0) is 16.4. The molecule has 0 aromatic heterocycles. The quantitative estimate of drug-likeness (QED) is 0.800. The van der Waals surface area contributed by atoms with E-state index in [4.69, 9.17) is 11.5 Å². The Morgan fingerprint density at radius 1 is 1.22 bits per heavy atom. The number of rotatable bonds is 3. The van der Waals surface area contributed by atoms with Gasteiger partial charge in [0, 0.05) is 27.9 Å². The minimum Gasteiger partial charge on any atom is -0.398 e. The molecule has 2 aromatic carbocycles. The van der Waals surface area contributed by atoms with Crippen molar-refractivity contribution in [3.05, 3.63) is 87.7 Å². The van der Waals surface area contributed by atoms with E-state index in [1.165, 1.54) is 11.1 Å². The number of nitrogens with zero attached hydrogens (tertiary/aromatic N) is 1. The van der Waals surface area contributed by atoms with Crippen molar-refractivity contribution >= 4 is 27.8 Å². The van der Waals surface area contributed by atoms with E-state index in [1.54, 1.807) is 6.21 Å². The van der Waals surface area contributed by atoms with Gasteiger partial charge in [-0.1, -0.05) is 58.9 Å². The van der Waals surface area contributed by atoms with Crippen molar-refractivity contribution < 1.29 is 0 Å². The van der Waals surface area contributed by atoms with E-state index in [1.807, 2.05) is 12.1 Å². The molecule has 0 radical (unpaired) electrons. The SMILES string of the molecule is C=C(N)N=CC1=C(N)c2ccccc2C(c2cccc(Br)c2)C1. The average Bonchev–Trinajstić information content (AvgIpc) is 2.54. The number of nitrogens with two attached hydrogens (primary N) is 2. The first-order valence-corrected chi connectivity index (χ1v) is 8.17. The Morgan fingerprint density at radius 2 is 2.00 bits per heavy atom. The molecule has 23 heavy (non-hydrogen) atoms. The monoisotopic (exact) mass is 367 g/mol. The highest BCUT2D eigenvalue weighted by Gasteiger charge is 2.25. The van der Waals surface area contributed by atoms with Crippen molar-refractivity contribution in [1.29, 1.82) is 0 Å². The highest BCUT2D eigenvalue weighted by atomic mass is 79.9. The molecule has 0 aliphatic heterocycles. The van der Waals surface area contributed by atoms with Gasteiger partial charge in [-0.2, -0.15) is 0 Å². The Hall–Kier alpha value is -2.33. The molecule has 1 unspecified atom stereocenters. The van der Waals surface area contributed by atoms with Crippen LogP contribution >= 0.6 is 15.9 Å². The minimum atomic E-state index is 0.239. The van der Waals surface area contributed by atoms with Gasteiger partial charge in [0.1, 0.15) is 5.82 Å². The van der Waals surface area contributed by atoms with Crippen LogP contribution in [0.15, 0.2) is 76.0 Å². The summed E-state index contributed by atoms with van der Waals surface area (Å²) in [5.41, 5.74) is 17.2. The number of fused-ring (bicyclic) bond motifs is 1. The molecule has 1 aliphatic carbocycles. The van der Waals surface area contributed by atoms with Crippen LogP contribution in [0.1, 0.15) is 29.0 Å². The minimum absolute atomic E-state index is 0.239. The molecule has 116 valence electrons. The zero-order valence-electron chi connectivity index (χ0n) is 12.7. The molecule has 3 nitrogen and oxygen atoms in total. The van der Waals surface area contributed by atoms with Crippen LogP contribution in [-0.4, -0.2) is 6.21 Å². The van der Waals surface area contributed by atoms with E-state index >= 15 is 0 Å². The summed E-state index contributed by atoms with van der Waals surface area (Å²) >= 11 is 3.55. The molecule has 4 N–H and O–H groups in total. The molecule has 1 aliphatic rings. The third-order valence-electron chi connectivity index (χ3n) is 4.03. The van der Waals surface area contributed by atoms with Crippen LogP contribution in [0.4, 0.5) is 0 Å². The van der Waals surface area contributed by atoms with Crippen LogP contribution in [0.3, 0.4) is 0 Å². The first-order valence-electron chi connectivity index (χ1n) is 7.38. The van der Waals surface area contributed by atoms with Gasteiger partial charge in [-0.3, -0.25) is 0 Å². The van der Waals surface area contributed by atoms with Crippen molar-refractivity contribution in [3.63, 3.8) is 0 Å². The van der Waals surface area contributed by atoms with Crippen LogP contribution in [0.2, 0.25) is 0 Å². The number of hydrogen-bond acceptors (Lipinski definition) is 3. The second-order valence-electron chi connectivity index (χ2n) is 5.59. The molecule has 0 saturated carbocycles. The third kappa shape index (κ3) is 3.22. The molecule has 0 saturated heterocycles. The molecule has 1 atom stereocenters. The lowest BCUT2D eigenvalue weighted by Crippen LogP contribution is -2.17. The van der Waals surface area contributed by atoms with Gasteiger partial charge in [-0.15, -0.1) is 0 Å². The maximum absolute atomic E-state index is 6.36. The van der Waals surface area contributed by atoms with Gasteiger partial charge in [-0.05, 0) is 35.3 Å². The van der Waals surface area contributed by atoms with Gasteiger partial charge in [0.25, 0.3) is 0 Å². The fourth-order valence-electron chi connectivity index (χ4n) is 2.96. The van der Waals surface area contributed by atoms with Crippen LogP contribution in [0.5, 0.6) is 0 Å². The van der Waals surface area contributed by atoms with Crippen molar-refractivity contribution in [2.24, 2.45) is 16.5 Å². The predicted molar refractivity (Wildman–Crippen MR) is 100.0 cm³/mol. The predicted octanol–water partition coefficient (Wildman–Crippen LogP) is 4.16. The fraction of sp³-hybridized carbons (Fsp3) is 0.105. The molecule has 0 fully saturated rings. The number of allylic oxidation sites excluding steroid dienone is 1. The zero-order valence-corrected chi connectivity index (χ0v) is 14.3. The highest BCUT2D eigenvalue weighted by molar-refractivity contribution is 9.10. The summed E-state index contributed by atoms with van der Waals surface area (Å²) in [6.07, 6.45) is 2.52. The molecule has 0 heterocycles. The lowest BCUT2D eigenvalue weighted by Gasteiger charge is -2.27. The molecule has 0 spiro atoms. The molecule has 0 amide bonds. The van der Waals surface area contributed by atoms with E-state index in [2.05, 4.69) is 63.9 Å². The highest BCUT2D eigenvalue weighted by Crippen LogP contribution is 2.40. The first kappa shape index (κ1) is 15.6. The first-order chi connectivity index (χ1) is 11.1. The van der Waals surface area contributed by atoms with Gasteiger partial charge >= 0.3 is 0 Å². The lowest BCUT2D eigenvalue weighted by atomic mass is 9.78.